The third-order valence-electron chi connectivity index (χ3n) is 3.20. The third kappa shape index (κ3) is 3.70. The molecular formula is C16H18N2O2S. The molecule has 0 aliphatic heterocycles. The van der Waals surface area contributed by atoms with Gasteiger partial charge in [-0.1, -0.05) is 6.07 Å². The van der Waals surface area contributed by atoms with E-state index in [9.17, 15) is 9.59 Å². The molecule has 0 aliphatic carbocycles. The Morgan fingerprint density at radius 3 is 2.29 bits per heavy atom. The predicted octanol–water partition coefficient (Wildman–Crippen LogP) is 3.88. The second-order valence-electron chi connectivity index (χ2n) is 5.01. The molecule has 2 rings (SSSR count). The molecule has 0 fully saturated rings. The Morgan fingerprint density at radius 2 is 1.71 bits per heavy atom. The Balaban J connectivity index is 2.19. The summed E-state index contributed by atoms with van der Waals surface area (Å²) in [6.45, 7) is 7.35. The van der Waals surface area contributed by atoms with Crippen LogP contribution < -0.4 is 10.6 Å². The van der Waals surface area contributed by atoms with Crippen molar-refractivity contribution in [2.45, 2.75) is 27.7 Å². The molecular weight excluding hydrogens is 284 g/mol. The van der Waals surface area contributed by atoms with E-state index in [0.29, 0.717) is 16.3 Å². The minimum Gasteiger partial charge on any atom is -0.326 e. The molecule has 0 aliphatic rings. The maximum absolute atomic E-state index is 12.2. The summed E-state index contributed by atoms with van der Waals surface area (Å²) in [6, 6.07) is 7.35. The maximum Gasteiger partial charge on any atom is 0.265 e. The van der Waals surface area contributed by atoms with Crippen LogP contribution in [0.1, 0.15) is 32.6 Å². The summed E-state index contributed by atoms with van der Waals surface area (Å²) in [7, 11) is 0. The Bertz CT molecular complexity index is 685. The van der Waals surface area contributed by atoms with Crippen LogP contribution in [-0.4, -0.2) is 11.8 Å². The number of hydrogen-bond donors (Lipinski definition) is 2. The van der Waals surface area contributed by atoms with E-state index in [2.05, 4.69) is 10.6 Å². The molecule has 110 valence electrons. The van der Waals surface area contributed by atoms with Crippen LogP contribution >= 0.6 is 11.3 Å². The van der Waals surface area contributed by atoms with Gasteiger partial charge in [-0.25, -0.2) is 0 Å². The SMILES string of the molecule is CC(=O)Nc1cc(NC(=O)c2cc(C)c(C)s2)ccc1C. The van der Waals surface area contributed by atoms with Gasteiger partial charge in [0, 0.05) is 23.2 Å². The molecule has 0 spiro atoms. The Kier molecular flexibility index (Phi) is 4.43. The molecule has 4 nitrogen and oxygen atoms in total. The van der Waals surface area contributed by atoms with Gasteiger partial charge in [-0.3, -0.25) is 9.59 Å². The number of carbonyl (C=O) groups excluding carboxylic acids is 2. The first-order valence-electron chi connectivity index (χ1n) is 6.63. The molecule has 21 heavy (non-hydrogen) atoms. The third-order valence-corrected chi connectivity index (χ3v) is 4.35. The quantitative estimate of drug-likeness (QED) is 0.904. The van der Waals surface area contributed by atoms with E-state index in [1.54, 1.807) is 6.07 Å². The molecule has 2 amide bonds. The van der Waals surface area contributed by atoms with Gasteiger partial charge in [0.15, 0.2) is 0 Å². The second-order valence-corrected chi connectivity index (χ2v) is 6.27. The number of nitrogens with one attached hydrogen (secondary N) is 2. The molecule has 0 saturated carbocycles. The van der Waals surface area contributed by atoms with Crippen molar-refractivity contribution in [3.63, 3.8) is 0 Å². The molecule has 2 N–H and O–H groups in total. The zero-order valence-corrected chi connectivity index (χ0v) is 13.4. The van der Waals surface area contributed by atoms with E-state index in [0.717, 1.165) is 16.0 Å². The van der Waals surface area contributed by atoms with Gasteiger partial charge >= 0.3 is 0 Å². The van der Waals surface area contributed by atoms with E-state index in [1.165, 1.54) is 18.3 Å². The van der Waals surface area contributed by atoms with Crippen molar-refractivity contribution in [2.75, 3.05) is 10.6 Å². The number of amides is 2. The monoisotopic (exact) mass is 302 g/mol. The van der Waals surface area contributed by atoms with Crippen LogP contribution in [0.15, 0.2) is 24.3 Å². The molecule has 0 radical (unpaired) electrons. The summed E-state index contributed by atoms with van der Waals surface area (Å²) in [5, 5.41) is 5.61. The topological polar surface area (TPSA) is 58.2 Å². The minimum absolute atomic E-state index is 0.131. The summed E-state index contributed by atoms with van der Waals surface area (Å²) in [4.78, 5) is 25.2. The van der Waals surface area contributed by atoms with Gasteiger partial charge < -0.3 is 10.6 Å². The summed E-state index contributed by atoms with van der Waals surface area (Å²) >= 11 is 1.48. The zero-order chi connectivity index (χ0) is 15.6. The number of rotatable bonds is 3. The van der Waals surface area contributed by atoms with Crippen molar-refractivity contribution in [3.8, 4) is 0 Å². The number of benzene rings is 1. The van der Waals surface area contributed by atoms with Crippen molar-refractivity contribution >= 4 is 34.5 Å². The van der Waals surface area contributed by atoms with Gasteiger partial charge in [0.2, 0.25) is 5.91 Å². The minimum atomic E-state index is -0.133. The van der Waals surface area contributed by atoms with Crippen LogP contribution in [0.2, 0.25) is 0 Å². The molecule has 1 aromatic heterocycles. The fourth-order valence-electron chi connectivity index (χ4n) is 1.90. The highest BCUT2D eigenvalue weighted by atomic mass is 32.1. The summed E-state index contributed by atoms with van der Waals surface area (Å²) in [5.41, 5.74) is 3.44. The average molecular weight is 302 g/mol. The molecule has 0 unspecified atom stereocenters. The van der Waals surface area contributed by atoms with E-state index in [-0.39, 0.29) is 11.8 Å². The fraction of sp³-hybridized carbons (Fsp3) is 0.250. The lowest BCUT2D eigenvalue weighted by molar-refractivity contribution is -0.114. The second kappa shape index (κ2) is 6.10. The molecule has 5 heteroatoms. The van der Waals surface area contributed by atoms with Gasteiger partial charge in [-0.05, 0) is 50.1 Å². The summed E-state index contributed by atoms with van der Waals surface area (Å²) in [5.74, 6) is -0.264. The Labute approximate surface area is 128 Å². The Hall–Kier alpha value is -2.14. The van der Waals surface area contributed by atoms with Gasteiger partial charge in [-0.15, -0.1) is 11.3 Å². The van der Waals surface area contributed by atoms with Crippen LogP contribution in [0.5, 0.6) is 0 Å². The van der Waals surface area contributed by atoms with Gasteiger partial charge in [0.1, 0.15) is 0 Å². The first kappa shape index (κ1) is 15.3. The first-order chi connectivity index (χ1) is 9.86. The lowest BCUT2D eigenvalue weighted by Crippen LogP contribution is -2.12. The largest absolute Gasteiger partial charge is 0.326 e. The van der Waals surface area contributed by atoms with Crippen molar-refractivity contribution < 1.29 is 9.59 Å². The standard InChI is InChI=1S/C16H18N2O2S/c1-9-5-6-13(8-14(9)17-12(4)19)18-16(20)15-7-10(2)11(3)21-15/h5-8H,1-4H3,(H,17,19)(H,18,20). The molecule has 2 aromatic rings. The lowest BCUT2D eigenvalue weighted by atomic mass is 10.1. The maximum atomic E-state index is 12.2. The van der Waals surface area contributed by atoms with Crippen molar-refractivity contribution in [2.24, 2.45) is 0 Å². The number of anilines is 2. The van der Waals surface area contributed by atoms with Crippen molar-refractivity contribution in [3.05, 3.63) is 45.1 Å². The van der Waals surface area contributed by atoms with Gasteiger partial charge in [-0.2, -0.15) is 0 Å². The average Bonchev–Trinajstić information content (AvgIpc) is 2.73. The smallest absolute Gasteiger partial charge is 0.265 e. The highest BCUT2D eigenvalue weighted by molar-refractivity contribution is 7.14. The van der Waals surface area contributed by atoms with Gasteiger partial charge in [0.05, 0.1) is 4.88 Å². The van der Waals surface area contributed by atoms with Crippen LogP contribution in [0, 0.1) is 20.8 Å². The molecule has 0 atom stereocenters. The van der Waals surface area contributed by atoms with E-state index in [4.69, 9.17) is 0 Å². The van der Waals surface area contributed by atoms with Crippen molar-refractivity contribution in [1.29, 1.82) is 0 Å². The highest BCUT2D eigenvalue weighted by Gasteiger charge is 2.11. The Morgan fingerprint density at radius 1 is 1.00 bits per heavy atom. The lowest BCUT2D eigenvalue weighted by Gasteiger charge is -2.10. The zero-order valence-electron chi connectivity index (χ0n) is 12.5. The predicted molar refractivity (Wildman–Crippen MR) is 87.2 cm³/mol. The molecule has 0 saturated heterocycles. The van der Waals surface area contributed by atoms with Gasteiger partial charge in [0.25, 0.3) is 5.91 Å². The van der Waals surface area contributed by atoms with Crippen LogP contribution in [0.25, 0.3) is 0 Å². The van der Waals surface area contributed by atoms with Crippen LogP contribution in [-0.2, 0) is 4.79 Å². The number of hydrogen-bond acceptors (Lipinski definition) is 3. The fourth-order valence-corrected chi connectivity index (χ4v) is 2.83. The van der Waals surface area contributed by atoms with Crippen LogP contribution in [0.4, 0.5) is 11.4 Å². The summed E-state index contributed by atoms with van der Waals surface area (Å²) < 4.78 is 0. The van der Waals surface area contributed by atoms with E-state index < -0.39 is 0 Å². The molecule has 1 heterocycles. The van der Waals surface area contributed by atoms with E-state index >= 15 is 0 Å². The number of thiophene rings is 1. The normalized spacial score (nSPS) is 10.3. The number of carbonyl (C=O) groups is 2. The number of aryl methyl sites for hydroxylation is 3. The highest BCUT2D eigenvalue weighted by Crippen LogP contribution is 2.24. The first-order valence-corrected chi connectivity index (χ1v) is 7.45. The van der Waals surface area contributed by atoms with Crippen LogP contribution in [0.3, 0.4) is 0 Å². The summed E-state index contributed by atoms with van der Waals surface area (Å²) in [6.07, 6.45) is 0. The molecule has 0 bridgehead atoms. The van der Waals surface area contributed by atoms with E-state index in [1.807, 2.05) is 39.0 Å². The molecule has 1 aromatic carbocycles. The van der Waals surface area contributed by atoms with Crippen molar-refractivity contribution in [1.82, 2.24) is 0 Å².